The standard InChI is InChI=1S/C14H28O2/c1-5-12(15)10-16-13-8-6-7-11(9-13)14(2,3)4/h11-13,15H,5-10H2,1-4H3/t11-,12?,13+/m0/s1. The molecule has 0 aliphatic heterocycles. The average Bonchev–Trinajstić information content (AvgIpc) is 2.25. The van der Waals surface area contributed by atoms with Gasteiger partial charge in [-0.1, -0.05) is 34.1 Å². The first kappa shape index (κ1) is 14.0. The monoisotopic (exact) mass is 228 g/mol. The fourth-order valence-electron chi connectivity index (χ4n) is 2.45. The molecule has 1 rings (SSSR count). The van der Waals surface area contributed by atoms with Crippen molar-refractivity contribution in [1.29, 1.82) is 0 Å². The number of aliphatic hydroxyl groups is 1. The molecule has 0 bridgehead atoms. The molecule has 0 radical (unpaired) electrons. The summed E-state index contributed by atoms with van der Waals surface area (Å²) in [6, 6.07) is 0. The van der Waals surface area contributed by atoms with Crippen LogP contribution in [0.15, 0.2) is 0 Å². The molecule has 3 atom stereocenters. The number of ether oxygens (including phenoxy) is 1. The van der Waals surface area contributed by atoms with E-state index in [1.54, 1.807) is 0 Å². The maximum atomic E-state index is 9.49. The first-order valence-corrected chi connectivity index (χ1v) is 6.73. The number of hydrogen-bond acceptors (Lipinski definition) is 2. The Morgan fingerprint density at radius 2 is 2.00 bits per heavy atom. The Bertz CT molecular complexity index is 195. The largest absolute Gasteiger partial charge is 0.391 e. The molecule has 1 saturated carbocycles. The van der Waals surface area contributed by atoms with E-state index >= 15 is 0 Å². The van der Waals surface area contributed by atoms with Gasteiger partial charge < -0.3 is 9.84 Å². The molecule has 0 aromatic rings. The fourth-order valence-corrected chi connectivity index (χ4v) is 2.45. The van der Waals surface area contributed by atoms with Crippen LogP contribution in [0.3, 0.4) is 0 Å². The molecule has 1 aliphatic rings. The van der Waals surface area contributed by atoms with Gasteiger partial charge in [-0.25, -0.2) is 0 Å². The Labute approximate surface area is 100 Å². The normalized spacial score (nSPS) is 29.1. The van der Waals surface area contributed by atoms with Crippen molar-refractivity contribution in [3.8, 4) is 0 Å². The Hall–Kier alpha value is -0.0800. The van der Waals surface area contributed by atoms with E-state index in [4.69, 9.17) is 4.74 Å². The maximum absolute atomic E-state index is 9.49. The van der Waals surface area contributed by atoms with Crippen LogP contribution in [0, 0.1) is 11.3 Å². The van der Waals surface area contributed by atoms with Crippen LogP contribution in [-0.2, 0) is 4.74 Å². The molecular weight excluding hydrogens is 200 g/mol. The quantitative estimate of drug-likeness (QED) is 0.799. The van der Waals surface area contributed by atoms with Crippen LogP contribution >= 0.6 is 0 Å². The second-order valence-electron chi connectivity index (χ2n) is 6.25. The number of aliphatic hydroxyl groups excluding tert-OH is 1. The van der Waals surface area contributed by atoms with Crippen molar-refractivity contribution in [3.05, 3.63) is 0 Å². The lowest BCUT2D eigenvalue weighted by atomic mass is 9.71. The minimum atomic E-state index is -0.282. The second kappa shape index (κ2) is 6.02. The summed E-state index contributed by atoms with van der Waals surface area (Å²) in [4.78, 5) is 0. The van der Waals surface area contributed by atoms with Crippen LogP contribution in [0.2, 0.25) is 0 Å². The first-order chi connectivity index (χ1) is 7.43. The predicted octanol–water partition coefficient (Wildman–Crippen LogP) is 3.38. The minimum Gasteiger partial charge on any atom is -0.391 e. The summed E-state index contributed by atoms with van der Waals surface area (Å²) in [5.41, 5.74) is 0.394. The van der Waals surface area contributed by atoms with Gasteiger partial charge in [-0.05, 0) is 37.0 Å². The highest BCUT2D eigenvalue weighted by Gasteiger charge is 2.31. The van der Waals surface area contributed by atoms with E-state index in [0.717, 1.165) is 12.3 Å². The van der Waals surface area contributed by atoms with Gasteiger partial charge in [0.25, 0.3) is 0 Å². The molecule has 0 amide bonds. The van der Waals surface area contributed by atoms with Crippen molar-refractivity contribution in [3.63, 3.8) is 0 Å². The van der Waals surface area contributed by atoms with Crippen LogP contribution in [0.4, 0.5) is 0 Å². The summed E-state index contributed by atoms with van der Waals surface area (Å²) in [7, 11) is 0. The average molecular weight is 228 g/mol. The van der Waals surface area contributed by atoms with Gasteiger partial charge in [0.1, 0.15) is 0 Å². The number of rotatable bonds is 4. The van der Waals surface area contributed by atoms with Crippen LogP contribution in [-0.4, -0.2) is 23.9 Å². The van der Waals surface area contributed by atoms with Gasteiger partial charge in [0, 0.05) is 0 Å². The molecule has 1 unspecified atom stereocenters. The highest BCUT2D eigenvalue weighted by atomic mass is 16.5. The Kier molecular flexibility index (Phi) is 5.26. The number of hydrogen-bond donors (Lipinski definition) is 1. The SMILES string of the molecule is CCC(O)CO[C@@H]1CCC[C@H](C(C)(C)C)C1. The van der Waals surface area contributed by atoms with E-state index in [9.17, 15) is 5.11 Å². The summed E-state index contributed by atoms with van der Waals surface area (Å²) in [5, 5.41) is 9.49. The third kappa shape index (κ3) is 4.42. The third-order valence-corrected chi connectivity index (χ3v) is 3.85. The molecule has 1 aliphatic carbocycles. The highest BCUT2D eigenvalue weighted by Crippen LogP contribution is 2.38. The van der Waals surface area contributed by atoms with E-state index in [2.05, 4.69) is 20.8 Å². The molecule has 0 aromatic carbocycles. The molecule has 16 heavy (non-hydrogen) atoms. The Morgan fingerprint density at radius 1 is 1.31 bits per heavy atom. The third-order valence-electron chi connectivity index (χ3n) is 3.85. The molecule has 0 saturated heterocycles. The summed E-state index contributed by atoms with van der Waals surface area (Å²) < 4.78 is 5.81. The van der Waals surface area contributed by atoms with Crippen molar-refractivity contribution in [2.75, 3.05) is 6.61 Å². The highest BCUT2D eigenvalue weighted by molar-refractivity contribution is 4.81. The van der Waals surface area contributed by atoms with Crippen LogP contribution < -0.4 is 0 Å². The molecular formula is C14H28O2. The Morgan fingerprint density at radius 3 is 2.56 bits per heavy atom. The van der Waals surface area contributed by atoms with Gasteiger partial charge in [-0.3, -0.25) is 0 Å². The van der Waals surface area contributed by atoms with Crippen molar-refractivity contribution in [2.24, 2.45) is 11.3 Å². The smallest absolute Gasteiger partial charge is 0.0771 e. The molecule has 96 valence electrons. The molecule has 0 heterocycles. The molecule has 1 fully saturated rings. The second-order valence-corrected chi connectivity index (χ2v) is 6.25. The topological polar surface area (TPSA) is 29.5 Å². The fraction of sp³-hybridized carbons (Fsp3) is 1.00. The van der Waals surface area contributed by atoms with E-state index in [1.165, 1.54) is 25.7 Å². The zero-order chi connectivity index (χ0) is 12.2. The van der Waals surface area contributed by atoms with Gasteiger partial charge in [-0.15, -0.1) is 0 Å². The summed E-state index contributed by atoms with van der Waals surface area (Å²) in [6.45, 7) is 9.47. The first-order valence-electron chi connectivity index (χ1n) is 6.73. The van der Waals surface area contributed by atoms with Crippen molar-refractivity contribution in [1.82, 2.24) is 0 Å². The Balaban J connectivity index is 2.33. The van der Waals surface area contributed by atoms with Gasteiger partial charge in [0.15, 0.2) is 0 Å². The molecule has 2 heteroatoms. The summed E-state index contributed by atoms with van der Waals surface area (Å²) >= 11 is 0. The lowest BCUT2D eigenvalue weighted by Gasteiger charge is -2.37. The van der Waals surface area contributed by atoms with Gasteiger partial charge in [-0.2, -0.15) is 0 Å². The zero-order valence-corrected chi connectivity index (χ0v) is 11.3. The summed E-state index contributed by atoms with van der Waals surface area (Å²) in [6.07, 6.45) is 5.82. The van der Waals surface area contributed by atoms with E-state index < -0.39 is 0 Å². The van der Waals surface area contributed by atoms with E-state index in [-0.39, 0.29) is 6.10 Å². The molecule has 1 N–H and O–H groups in total. The zero-order valence-electron chi connectivity index (χ0n) is 11.3. The van der Waals surface area contributed by atoms with Gasteiger partial charge >= 0.3 is 0 Å². The maximum Gasteiger partial charge on any atom is 0.0771 e. The van der Waals surface area contributed by atoms with Gasteiger partial charge in [0.05, 0.1) is 18.8 Å². The molecule has 0 spiro atoms. The van der Waals surface area contributed by atoms with Crippen LogP contribution in [0.1, 0.15) is 59.8 Å². The predicted molar refractivity (Wildman–Crippen MR) is 67.5 cm³/mol. The van der Waals surface area contributed by atoms with Crippen molar-refractivity contribution in [2.45, 2.75) is 72.0 Å². The van der Waals surface area contributed by atoms with Crippen LogP contribution in [0.5, 0.6) is 0 Å². The minimum absolute atomic E-state index is 0.282. The van der Waals surface area contributed by atoms with Gasteiger partial charge in [0.2, 0.25) is 0 Å². The molecule has 2 nitrogen and oxygen atoms in total. The molecule has 0 aromatic heterocycles. The lowest BCUT2D eigenvalue weighted by molar-refractivity contribution is -0.0442. The van der Waals surface area contributed by atoms with Crippen molar-refractivity contribution >= 4 is 0 Å². The van der Waals surface area contributed by atoms with Crippen molar-refractivity contribution < 1.29 is 9.84 Å². The lowest BCUT2D eigenvalue weighted by Crippen LogP contribution is -2.32. The van der Waals surface area contributed by atoms with Crippen LogP contribution in [0.25, 0.3) is 0 Å². The van der Waals surface area contributed by atoms with E-state index in [0.29, 0.717) is 18.1 Å². The summed E-state index contributed by atoms with van der Waals surface area (Å²) in [5.74, 6) is 0.769. The van der Waals surface area contributed by atoms with E-state index in [1.807, 2.05) is 6.92 Å².